The molecule has 0 saturated heterocycles. The van der Waals surface area contributed by atoms with Gasteiger partial charge in [-0.15, -0.1) is 0 Å². The minimum Gasteiger partial charge on any atom is -0.344 e. The monoisotopic (exact) mass is 294 g/mol. The number of anilines is 1. The Morgan fingerprint density at radius 3 is 2.59 bits per heavy atom. The van der Waals surface area contributed by atoms with Crippen LogP contribution in [0, 0.1) is 6.92 Å². The van der Waals surface area contributed by atoms with E-state index in [4.69, 9.17) is 0 Å². The van der Waals surface area contributed by atoms with E-state index in [0.717, 1.165) is 23.2 Å². The Kier molecular flexibility index (Phi) is 3.92. The maximum atomic E-state index is 12.3. The summed E-state index contributed by atoms with van der Waals surface area (Å²) in [6, 6.07) is 15.6. The van der Waals surface area contributed by atoms with Crippen molar-refractivity contribution in [2.75, 3.05) is 11.4 Å². The maximum Gasteiger partial charge on any atom is 0.316 e. The third-order valence-electron chi connectivity index (χ3n) is 3.90. The summed E-state index contributed by atoms with van der Waals surface area (Å²) in [5.41, 5.74) is 4.11. The molecular weight excluding hydrogens is 276 g/mol. The van der Waals surface area contributed by atoms with Crippen LogP contribution in [0.5, 0.6) is 0 Å². The molecule has 0 radical (unpaired) electrons. The van der Waals surface area contributed by atoms with Crippen LogP contribution in [0.1, 0.15) is 16.7 Å². The zero-order valence-electron chi connectivity index (χ0n) is 12.5. The number of amides is 2. The van der Waals surface area contributed by atoms with Crippen molar-refractivity contribution in [2.45, 2.75) is 19.9 Å². The number of hydrogen-bond donors (Lipinski definition) is 1. The molecule has 0 unspecified atom stereocenters. The van der Waals surface area contributed by atoms with Gasteiger partial charge < -0.3 is 10.2 Å². The van der Waals surface area contributed by atoms with Crippen LogP contribution in [0.4, 0.5) is 5.69 Å². The van der Waals surface area contributed by atoms with Gasteiger partial charge in [0.2, 0.25) is 0 Å². The number of nitrogens with zero attached hydrogens (tertiary/aromatic N) is 1. The molecule has 2 amide bonds. The van der Waals surface area contributed by atoms with Crippen molar-refractivity contribution in [3.8, 4) is 0 Å². The summed E-state index contributed by atoms with van der Waals surface area (Å²) >= 11 is 0. The maximum absolute atomic E-state index is 12.3. The minimum atomic E-state index is -0.558. The normalized spacial score (nSPS) is 12.9. The Balaban J connectivity index is 1.63. The second kappa shape index (κ2) is 6.02. The number of carbonyl (C=O) groups excluding carboxylic acids is 2. The summed E-state index contributed by atoms with van der Waals surface area (Å²) in [7, 11) is 0. The van der Waals surface area contributed by atoms with Gasteiger partial charge in [-0.2, -0.15) is 0 Å². The lowest BCUT2D eigenvalue weighted by Crippen LogP contribution is -2.42. The molecule has 0 bridgehead atoms. The lowest BCUT2D eigenvalue weighted by Gasteiger charge is -2.16. The highest BCUT2D eigenvalue weighted by atomic mass is 16.2. The van der Waals surface area contributed by atoms with Crippen molar-refractivity contribution in [3.05, 3.63) is 65.2 Å². The van der Waals surface area contributed by atoms with Crippen LogP contribution < -0.4 is 10.2 Å². The summed E-state index contributed by atoms with van der Waals surface area (Å²) in [4.78, 5) is 25.9. The van der Waals surface area contributed by atoms with Crippen LogP contribution in [0.25, 0.3) is 0 Å². The minimum absolute atomic E-state index is 0.361. The van der Waals surface area contributed by atoms with E-state index in [0.29, 0.717) is 13.1 Å². The standard InChI is InChI=1S/C18H18N2O2/c1-13-6-8-14(9-7-13)12-19-17(21)18(22)20-11-10-15-4-2-3-5-16(15)20/h2-9H,10-12H2,1H3,(H,19,21). The number of hydrogen-bond acceptors (Lipinski definition) is 2. The number of carbonyl (C=O) groups is 2. The molecule has 0 fully saturated rings. The molecule has 0 saturated carbocycles. The van der Waals surface area contributed by atoms with Gasteiger partial charge in [0, 0.05) is 18.8 Å². The van der Waals surface area contributed by atoms with E-state index < -0.39 is 11.8 Å². The number of rotatable bonds is 2. The van der Waals surface area contributed by atoms with Crippen LogP contribution in [0.2, 0.25) is 0 Å². The average molecular weight is 294 g/mol. The van der Waals surface area contributed by atoms with Crippen molar-refractivity contribution in [2.24, 2.45) is 0 Å². The third kappa shape index (κ3) is 2.86. The molecule has 0 aliphatic carbocycles. The predicted octanol–water partition coefficient (Wildman–Crippen LogP) is 2.20. The van der Waals surface area contributed by atoms with E-state index >= 15 is 0 Å². The first-order valence-electron chi connectivity index (χ1n) is 7.38. The molecule has 112 valence electrons. The first-order chi connectivity index (χ1) is 10.6. The molecule has 3 rings (SSSR count). The highest BCUT2D eigenvalue weighted by Crippen LogP contribution is 2.27. The zero-order valence-corrected chi connectivity index (χ0v) is 12.5. The average Bonchev–Trinajstić information content (AvgIpc) is 2.97. The van der Waals surface area contributed by atoms with Crippen molar-refractivity contribution in [1.29, 1.82) is 0 Å². The fraction of sp³-hybridized carbons (Fsp3) is 0.222. The first-order valence-corrected chi connectivity index (χ1v) is 7.38. The van der Waals surface area contributed by atoms with Gasteiger partial charge in [-0.1, -0.05) is 48.0 Å². The smallest absolute Gasteiger partial charge is 0.316 e. The molecule has 2 aromatic carbocycles. The molecular formula is C18H18N2O2. The molecule has 1 heterocycles. The molecule has 1 aliphatic heterocycles. The third-order valence-corrected chi connectivity index (χ3v) is 3.90. The largest absolute Gasteiger partial charge is 0.344 e. The molecule has 2 aromatic rings. The van der Waals surface area contributed by atoms with E-state index in [1.54, 1.807) is 4.90 Å². The Morgan fingerprint density at radius 1 is 1.09 bits per heavy atom. The highest BCUT2D eigenvalue weighted by Gasteiger charge is 2.28. The molecule has 0 atom stereocenters. The van der Waals surface area contributed by atoms with Crippen LogP contribution in [-0.2, 0) is 22.6 Å². The van der Waals surface area contributed by atoms with E-state index in [2.05, 4.69) is 5.32 Å². The van der Waals surface area contributed by atoms with Crippen LogP contribution in [0.15, 0.2) is 48.5 Å². The molecule has 4 nitrogen and oxygen atoms in total. The van der Waals surface area contributed by atoms with Gasteiger partial charge in [0.1, 0.15) is 0 Å². The van der Waals surface area contributed by atoms with Gasteiger partial charge in [0.25, 0.3) is 0 Å². The lowest BCUT2D eigenvalue weighted by molar-refractivity contribution is -0.137. The molecule has 0 aromatic heterocycles. The van der Waals surface area contributed by atoms with Gasteiger partial charge in [-0.25, -0.2) is 0 Å². The molecule has 4 heteroatoms. The van der Waals surface area contributed by atoms with Crippen LogP contribution in [0.3, 0.4) is 0 Å². The number of aryl methyl sites for hydroxylation is 1. The quantitative estimate of drug-likeness (QED) is 0.863. The van der Waals surface area contributed by atoms with E-state index in [1.165, 1.54) is 5.56 Å². The SMILES string of the molecule is Cc1ccc(CNC(=O)C(=O)N2CCc3ccccc32)cc1. The van der Waals surface area contributed by atoms with Gasteiger partial charge in [-0.3, -0.25) is 9.59 Å². The van der Waals surface area contributed by atoms with E-state index in [9.17, 15) is 9.59 Å². The van der Waals surface area contributed by atoms with Gasteiger partial charge in [-0.05, 0) is 30.5 Å². The van der Waals surface area contributed by atoms with Crippen molar-refractivity contribution < 1.29 is 9.59 Å². The van der Waals surface area contributed by atoms with Crippen molar-refractivity contribution >= 4 is 17.5 Å². The summed E-state index contributed by atoms with van der Waals surface area (Å²) in [5.74, 6) is -1.05. The van der Waals surface area contributed by atoms with Crippen LogP contribution in [-0.4, -0.2) is 18.4 Å². The Morgan fingerprint density at radius 2 is 1.82 bits per heavy atom. The lowest BCUT2D eigenvalue weighted by atomic mass is 10.1. The summed E-state index contributed by atoms with van der Waals surface area (Å²) in [5, 5.41) is 2.70. The van der Waals surface area contributed by atoms with Gasteiger partial charge in [0.15, 0.2) is 0 Å². The van der Waals surface area contributed by atoms with Gasteiger partial charge in [0.05, 0.1) is 0 Å². The number of nitrogens with one attached hydrogen (secondary N) is 1. The number of benzene rings is 2. The molecule has 22 heavy (non-hydrogen) atoms. The van der Waals surface area contributed by atoms with Crippen molar-refractivity contribution in [3.63, 3.8) is 0 Å². The van der Waals surface area contributed by atoms with E-state index in [-0.39, 0.29) is 0 Å². The summed E-state index contributed by atoms with van der Waals surface area (Å²) in [6.45, 7) is 2.94. The van der Waals surface area contributed by atoms with Gasteiger partial charge >= 0.3 is 11.8 Å². The topological polar surface area (TPSA) is 49.4 Å². The fourth-order valence-electron chi connectivity index (χ4n) is 2.64. The molecule has 1 aliphatic rings. The molecule has 1 N–H and O–H groups in total. The first kappa shape index (κ1) is 14.3. The number of fused-ring (bicyclic) bond motifs is 1. The van der Waals surface area contributed by atoms with Crippen LogP contribution >= 0.6 is 0 Å². The molecule has 0 spiro atoms. The zero-order chi connectivity index (χ0) is 15.5. The fourth-order valence-corrected chi connectivity index (χ4v) is 2.64. The summed E-state index contributed by atoms with van der Waals surface area (Å²) < 4.78 is 0. The summed E-state index contributed by atoms with van der Waals surface area (Å²) in [6.07, 6.45) is 0.799. The Bertz CT molecular complexity index is 707. The predicted molar refractivity (Wildman–Crippen MR) is 85.5 cm³/mol. The second-order valence-electron chi connectivity index (χ2n) is 5.50. The highest BCUT2D eigenvalue weighted by molar-refractivity contribution is 6.40. The second-order valence-corrected chi connectivity index (χ2v) is 5.50. The van der Waals surface area contributed by atoms with E-state index in [1.807, 2.05) is 55.5 Å². The number of para-hydroxylation sites is 1. The van der Waals surface area contributed by atoms with Crippen molar-refractivity contribution in [1.82, 2.24) is 5.32 Å². The Labute approximate surface area is 129 Å². The Hall–Kier alpha value is -2.62.